The number of nitrogens with two attached hydrogens (primary N) is 1. The van der Waals surface area contributed by atoms with E-state index < -0.39 is 0 Å². The second kappa shape index (κ2) is 4.76. The molecule has 2 aromatic heterocycles. The van der Waals surface area contributed by atoms with Gasteiger partial charge in [0.2, 0.25) is 0 Å². The molecule has 1 saturated heterocycles. The molecule has 3 rings (SSSR count). The molecule has 0 aliphatic carbocycles. The van der Waals surface area contributed by atoms with E-state index in [9.17, 15) is 0 Å². The molecule has 0 saturated carbocycles. The molecule has 0 radical (unpaired) electrons. The van der Waals surface area contributed by atoms with Crippen LogP contribution >= 0.6 is 11.3 Å². The summed E-state index contributed by atoms with van der Waals surface area (Å²) in [5, 5.41) is 3.21. The average molecular weight is 261 g/mol. The standard InChI is InChI=1S/C13H15N3OS/c14-7-13(8-17-9-13)4-12-16-11(6-18-12)10-2-1-3-15-5-10/h1-3,5-6H,4,7-9,14H2. The summed E-state index contributed by atoms with van der Waals surface area (Å²) >= 11 is 1.69. The first kappa shape index (κ1) is 11.8. The molecule has 0 spiro atoms. The van der Waals surface area contributed by atoms with Crippen molar-refractivity contribution >= 4 is 11.3 Å². The highest BCUT2D eigenvalue weighted by Crippen LogP contribution is 2.32. The topological polar surface area (TPSA) is 61.0 Å². The normalized spacial score (nSPS) is 17.4. The fourth-order valence-electron chi connectivity index (χ4n) is 2.04. The van der Waals surface area contributed by atoms with Crippen LogP contribution in [-0.2, 0) is 11.2 Å². The number of aromatic nitrogens is 2. The van der Waals surface area contributed by atoms with Crippen LogP contribution in [0.25, 0.3) is 11.3 Å². The van der Waals surface area contributed by atoms with Crippen LogP contribution in [-0.4, -0.2) is 29.7 Å². The Morgan fingerprint density at radius 1 is 1.44 bits per heavy atom. The Bertz CT molecular complexity index is 517. The summed E-state index contributed by atoms with van der Waals surface area (Å²) in [4.78, 5) is 8.78. The van der Waals surface area contributed by atoms with E-state index in [4.69, 9.17) is 10.5 Å². The fraction of sp³-hybridized carbons (Fsp3) is 0.385. The number of hydrogen-bond acceptors (Lipinski definition) is 5. The lowest BCUT2D eigenvalue weighted by Crippen LogP contribution is -2.49. The van der Waals surface area contributed by atoms with Crippen LogP contribution in [0, 0.1) is 5.41 Å². The van der Waals surface area contributed by atoms with E-state index in [1.165, 1.54) is 0 Å². The van der Waals surface area contributed by atoms with Crippen LogP contribution in [0.4, 0.5) is 0 Å². The zero-order valence-electron chi connectivity index (χ0n) is 10.0. The van der Waals surface area contributed by atoms with Gasteiger partial charge < -0.3 is 10.5 Å². The monoisotopic (exact) mass is 261 g/mol. The first-order chi connectivity index (χ1) is 8.81. The van der Waals surface area contributed by atoms with Gasteiger partial charge >= 0.3 is 0 Å². The predicted octanol–water partition coefficient (Wildman–Crippen LogP) is 1.72. The van der Waals surface area contributed by atoms with Gasteiger partial charge in [-0.3, -0.25) is 4.98 Å². The Morgan fingerprint density at radius 2 is 2.33 bits per heavy atom. The summed E-state index contributed by atoms with van der Waals surface area (Å²) in [6.45, 7) is 2.17. The van der Waals surface area contributed by atoms with Crippen molar-refractivity contribution in [3.8, 4) is 11.3 Å². The molecule has 1 aliphatic heterocycles. The molecule has 1 fully saturated rings. The van der Waals surface area contributed by atoms with Gasteiger partial charge in [-0.25, -0.2) is 4.98 Å². The van der Waals surface area contributed by atoms with Crippen LogP contribution in [0.2, 0.25) is 0 Å². The smallest absolute Gasteiger partial charge is 0.0940 e. The highest BCUT2D eigenvalue weighted by molar-refractivity contribution is 7.09. The molecule has 0 atom stereocenters. The summed E-state index contributed by atoms with van der Waals surface area (Å²) in [5.41, 5.74) is 7.99. The van der Waals surface area contributed by atoms with E-state index in [2.05, 4.69) is 15.3 Å². The first-order valence-corrected chi connectivity index (χ1v) is 6.82. The molecule has 0 amide bonds. The van der Waals surface area contributed by atoms with Gasteiger partial charge in [-0.2, -0.15) is 0 Å². The Hall–Kier alpha value is -1.30. The second-order valence-electron chi connectivity index (χ2n) is 4.74. The van der Waals surface area contributed by atoms with Crippen LogP contribution in [0.15, 0.2) is 29.9 Å². The van der Waals surface area contributed by atoms with Crippen LogP contribution < -0.4 is 5.73 Å². The highest BCUT2D eigenvalue weighted by atomic mass is 32.1. The second-order valence-corrected chi connectivity index (χ2v) is 5.68. The molecule has 94 valence electrons. The van der Waals surface area contributed by atoms with Gasteiger partial charge in [-0.05, 0) is 12.1 Å². The van der Waals surface area contributed by atoms with Crippen molar-refractivity contribution in [2.24, 2.45) is 11.1 Å². The highest BCUT2D eigenvalue weighted by Gasteiger charge is 2.38. The number of ether oxygens (including phenoxy) is 1. The molecule has 0 aromatic carbocycles. The quantitative estimate of drug-likeness (QED) is 0.910. The van der Waals surface area contributed by atoms with Gasteiger partial charge in [-0.15, -0.1) is 11.3 Å². The number of thiazole rings is 1. The van der Waals surface area contributed by atoms with Gasteiger partial charge in [0.05, 0.1) is 23.9 Å². The molecule has 5 heteroatoms. The minimum absolute atomic E-state index is 0.115. The van der Waals surface area contributed by atoms with Gasteiger partial charge in [0.15, 0.2) is 0 Å². The zero-order chi connectivity index (χ0) is 12.4. The number of pyridine rings is 1. The van der Waals surface area contributed by atoms with E-state index >= 15 is 0 Å². The van der Waals surface area contributed by atoms with Gasteiger partial charge in [0, 0.05) is 41.7 Å². The largest absolute Gasteiger partial charge is 0.380 e. The summed E-state index contributed by atoms with van der Waals surface area (Å²) < 4.78 is 5.28. The predicted molar refractivity (Wildman–Crippen MR) is 71.4 cm³/mol. The summed E-state index contributed by atoms with van der Waals surface area (Å²) in [6.07, 6.45) is 4.52. The average Bonchev–Trinajstić information content (AvgIpc) is 2.83. The third-order valence-electron chi connectivity index (χ3n) is 3.28. The minimum Gasteiger partial charge on any atom is -0.380 e. The fourth-order valence-corrected chi connectivity index (χ4v) is 3.02. The number of hydrogen-bond donors (Lipinski definition) is 1. The number of nitrogens with zero attached hydrogens (tertiary/aromatic N) is 2. The summed E-state index contributed by atoms with van der Waals surface area (Å²) in [6, 6.07) is 3.95. The number of rotatable bonds is 4. The molecule has 0 bridgehead atoms. The zero-order valence-corrected chi connectivity index (χ0v) is 10.8. The van der Waals surface area contributed by atoms with Gasteiger partial charge in [-0.1, -0.05) is 0 Å². The molecular weight excluding hydrogens is 246 g/mol. The van der Waals surface area contributed by atoms with Gasteiger partial charge in [0.25, 0.3) is 0 Å². The van der Waals surface area contributed by atoms with Crippen molar-refractivity contribution in [2.45, 2.75) is 6.42 Å². The van der Waals surface area contributed by atoms with E-state index in [1.54, 1.807) is 17.5 Å². The Balaban J connectivity index is 1.78. The van der Waals surface area contributed by atoms with Crippen molar-refractivity contribution < 1.29 is 4.74 Å². The van der Waals surface area contributed by atoms with Crippen molar-refractivity contribution in [3.63, 3.8) is 0 Å². The van der Waals surface area contributed by atoms with E-state index in [0.717, 1.165) is 35.9 Å². The summed E-state index contributed by atoms with van der Waals surface area (Å²) in [7, 11) is 0. The first-order valence-electron chi connectivity index (χ1n) is 5.94. The maximum Gasteiger partial charge on any atom is 0.0940 e. The third kappa shape index (κ3) is 2.16. The maximum absolute atomic E-state index is 5.82. The SMILES string of the molecule is NCC1(Cc2nc(-c3cccnc3)cs2)COC1. The maximum atomic E-state index is 5.82. The van der Waals surface area contributed by atoms with Crippen LogP contribution in [0.1, 0.15) is 5.01 Å². The van der Waals surface area contributed by atoms with Gasteiger partial charge in [0.1, 0.15) is 0 Å². The Kier molecular flexibility index (Phi) is 3.11. The van der Waals surface area contributed by atoms with E-state index in [1.807, 2.05) is 18.3 Å². The Labute approximate surface area is 110 Å². The molecule has 4 nitrogen and oxygen atoms in total. The van der Waals surface area contributed by atoms with E-state index in [0.29, 0.717) is 6.54 Å². The third-order valence-corrected chi connectivity index (χ3v) is 4.13. The molecule has 3 heterocycles. The van der Waals surface area contributed by atoms with Crippen molar-refractivity contribution in [3.05, 3.63) is 34.9 Å². The van der Waals surface area contributed by atoms with Crippen molar-refractivity contribution in [1.82, 2.24) is 9.97 Å². The molecular formula is C13H15N3OS. The lowest BCUT2D eigenvalue weighted by Gasteiger charge is -2.39. The molecule has 0 unspecified atom stereocenters. The van der Waals surface area contributed by atoms with Crippen LogP contribution in [0.5, 0.6) is 0 Å². The molecule has 2 N–H and O–H groups in total. The lowest BCUT2D eigenvalue weighted by molar-refractivity contribution is -0.106. The lowest BCUT2D eigenvalue weighted by atomic mass is 9.83. The molecule has 1 aliphatic rings. The van der Waals surface area contributed by atoms with Crippen LogP contribution in [0.3, 0.4) is 0 Å². The van der Waals surface area contributed by atoms with Crippen molar-refractivity contribution in [1.29, 1.82) is 0 Å². The molecule has 18 heavy (non-hydrogen) atoms. The molecule has 2 aromatic rings. The van der Waals surface area contributed by atoms with E-state index in [-0.39, 0.29) is 5.41 Å². The minimum atomic E-state index is 0.115. The summed E-state index contributed by atoms with van der Waals surface area (Å²) in [5.74, 6) is 0. The Morgan fingerprint density at radius 3 is 2.94 bits per heavy atom. The van der Waals surface area contributed by atoms with Crippen molar-refractivity contribution in [2.75, 3.05) is 19.8 Å².